The van der Waals surface area contributed by atoms with E-state index in [1.807, 2.05) is 17.5 Å². The van der Waals surface area contributed by atoms with Gasteiger partial charge in [-0.2, -0.15) is 0 Å². The Morgan fingerprint density at radius 1 is 1.53 bits per heavy atom. The zero-order valence-corrected chi connectivity index (χ0v) is 10.1. The van der Waals surface area contributed by atoms with E-state index in [-0.39, 0.29) is 5.60 Å². The standard InChI is InChI=1S/C12H15NOS/c1-4-12(3)8(2)10(11(13)14-12)9-6-5-7-15-9/h5-7,13H,4H2,1-3H3. The molecule has 1 aliphatic rings. The molecule has 1 aromatic heterocycles. The molecule has 1 atom stereocenters. The molecule has 0 fully saturated rings. The van der Waals surface area contributed by atoms with Crippen LogP contribution in [0.1, 0.15) is 32.1 Å². The van der Waals surface area contributed by atoms with Crippen molar-refractivity contribution in [1.82, 2.24) is 0 Å². The Bertz CT molecular complexity index is 419. The molecule has 0 aliphatic carbocycles. The summed E-state index contributed by atoms with van der Waals surface area (Å²) in [5.41, 5.74) is 1.88. The number of rotatable bonds is 2. The summed E-state index contributed by atoms with van der Waals surface area (Å²) in [6, 6.07) is 4.05. The molecule has 0 saturated carbocycles. The van der Waals surface area contributed by atoms with Gasteiger partial charge < -0.3 is 4.74 Å². The van der Waals surface area contributed by atoms with Crippen molar-refractivity contribution in [3.05, 3.63) is 28.0 Å². The van der Waals surface area contributed by atoms with Crippen LogP contribution in [0.3, 0.4) is 0 Å². The average molecular weight is 221 g/mol. The number of hydrogen-bond donors (Lipinski definition) is 1. The van der Waals surface area contributed by atoms with Crippen molar-refractivity contribution in [2.24, 2.45) is 0 Å². The van der Waals surface area contributed by atoms with Gasteiger partial charge in [-0.05, 0) is 37.3 Å². The number of thiophene rings is 1. The van der Waals surface area contributed by atoms with Gasteiger partial charge in [0, 0.05) is 4.88 Å². The van der Waals surface area contributed by atoms with Crippen LogP contribution in [-0.4, -0.2) is 11.5 Å². The predicted molar refractivity (Wildman–Crippen MR) is 64.4 cm³/mol. The van der Waals surface area contributed by atoms with Crippen molar-refractivity contribution < 1.29 is 4.74 Å². The van der Waals surface area contributed by atoms with Crippen LogP contribution in [0.4, 0.5) is 0 Å². The maximum Gasteiger partial charge on any atom is 0.215 e. The third kappa shape index (κ3) is 1.51. The lowest BCUT2D eigenvalue weighted by Gasteiger charge is -2.23. The Morgan fingerprint density at radius 2 is 2.27 bits per heavy atom. The smallest absolute Gasteiger partial charge is 0.215 e. The van der Waals surface area contributed by atoms with Crippen molar-refractivity contribution in [1.29, 1.82) is 5.41 Å². The van der Waals surface area contributed by atoms with Gasteiger partial charge in [0.2, 0.25) is 5.90 Å². The maximum absolute atomic E-state index is 7.90. The van der Waals surface area contributed by atoms with Gasteiger partial charge in [0.1, 0.15) is 5.60 Å². The molecule has 0 amide bonds. The predicted octanol–water partition coefficient (Wildman–Crippen LogP) is 3.70. The quantitative estimate of drug-likeness (QED) is 0.811. The van der Waals surface area contributed by atoms with E-state index in [1.165, 1.54) is 5.57 Å². The van der Waals surface area contributed by atoms with E-state index >= 15 is 0 Å². The van der Waals surface area contributed by atoms with E-state index in [2.05, 4.69) is 20.8 Å². The van der Waals surface area contributed by atoms with Crippen LogP contribution in [0.15, 0.2) is 23.1 Å². The molecule has 1 N–H and O–H groups in total. The Labute approximate surface area is 94.1 Å². The van der Waals surface area contributed by atoms with E-state index in [1.54, 1.807) is 11.3 Å². The van der Waals surface area contributed by atoms with Crippen molar-refractivity contribution >= 4 is 22.8 Å². The molecule has 2 nitrogen and oxygen atoms in total. The Hall–Kier alpha value is -1.09. The number of ether oxygens (including phenoxy) is 1. The fraction of sp³-hybridized carbons (Fsp3) is 0.417. The summed E-state index contributed by atoms with van der Waals surface area (Å²) in [6.07, 6.45) is 0.899. The molecule has 0 aromatic carbocycles. The fourth-order valence-electron chi connectivity index (χ4n) is 1.84. The first-order chi connectivity index (χ1) is 7.08. The summed E-state index contributed by atoms with van der Waals surface area (Å²) in [5, 5.41) is 9.93. The summed E-state index contributed by atoms with van der Waals surface area (Å²) in [7, 11) is 0. The minimum Gasteiger partial charge on any atom is -0.467 e. The average Bonchev–Trinajstić information content (AvgIpc) is 2.76. The zero-order valence-electron chi connectivity index (χ0n) is 9.26. The molecule has 0 spiro atoms. The molecule has 0 bridgehead atoms. The van der Waals surface area contributed by atoms with E-state index in [9.17, 15) is 0 Å². The topological polar surface area (TPSA) is 33.1 Å². The minimum atomic E-state index is -0.281. The van der Waals surface area contributed by atoms with E-state index in [0.717, 1.165) is 16.9 Å². The first-order valence-corrected chi connectivity index (χ1v) is 5.99. The lowest BCUT2D eigenvalue weighted by Crippen LogP contribution is -2.25. The van der Waals surface area contributed by atoms with Crippen molar-refractivity contribution in [2.45, 2.75) is 32.8 Å². The van der Waals surface area contributed by atoms with Crippen LogP contribution in [0.2, 0.25) is 0 Å². The molecule has 0 saturated heterocycles. The molecular formula is C12H15NOS. The monoisotopic (exact) mass is 221 g/mol. The molecule has 1 aromatic rings. The molecule has 15 heavy (non-hydrogen) atoms. The Balaban J connectivity index is 2.51. The van der Waals surface area contributed by atoms with E-state index in [0.29, 0.717) is 5.90 Å². The molecular weight excluding hydrogens is 206 g/mol. The highest BCUT2D eigenvalue weighted by molar-refractivity contribution is 7.11. The molecule has 1 unspecified atom stereocenters. The highest BCUT2D eigenvalue weighted by Crippen LogP contribution is 2.40. The van der Waals surface area contributed by atoms with E-state index < -0.39 is 0 Å². The minimum absolute atomic E-state index is 0.281. The summed E-state index contributed by atoms with van der Waals surface area (Å²) >= 11 is 1.66. The highest BCUT2D eigenvalue weighted by Gasteiger charge is 2.38. The van der Waals surface area contributed by atoms with Gasteiger partial charge in [-0.25, -0.2) is 0 Å². The maximum atomic E-state index is 7.90. The molecule has 80 valence electrons. The zero-order chi connectivity index (χ0) is 11.1. The molecule has 2 rings (SSSR count). The third-order valence-corrected chi connectivity index (χ3v) is 4.05. The normalized spacial score (nSPS) is 25.9. The summed E-state index contributed by atoms with van der Waals surface area (Å²) in [6.45, 7) is 6.21. The second-order valence-corrected chi connectivity index (χ2v) is 4.94. The van der Waals surface area contributed by atoms with Crippen LogP contribution in [0.25, 0.3) is 5.57 Å². The van der Waals surface area contributed by atoms with Gasteiger partial charge in [0.05, 0.1) is 5.57 Å². The number of hydrogen-bond acceptors (Lipinski definition) is 3. The largest absolute Gasteiger partial charge is 0.467 e. The third-order valence-electron chi connectivity index (χ3n) is 3.16. The van der Waals surface area contributed by atoms with Gasteiger partial charge in [0.25, 0.3) is 0 Å². The Morgan fingerprint density at radius 3 is 2.73 bits per heavy atom. The second-order valence-electron chi connectivity index (χ2n) is 3.99. The van der Waals surface area contributed by atoms with Gasteiger partial charge in [-0.3, -0.25) is 5.41 Å². The van der Waals surface area contributed by atoms with Crippen LogP contribution in [0, 0.1) is 5.41 Å². The fourth-order valence-corrected chi connectivity index (χ4v) is 2.67. The van der Waals surface area contributed by atoms with Crippen LogP contribution in [0.5, 0.6) is 0 Å². The van der Waals surface area contributed by atoms with Gasteiger partial charge in [0.15, 0.2) is 0 Å². The van der Waals surface area contributed by atoms with Crippen LogP contribution < -0.4 is 0 Å². The summed E-state index contributed by atoms with van der Waals surface area (Å²) < 4.78 is 5.66. The first-order valence-electron chi connectivity index (χ1n) is 5.11. The molecule has 0 radical (unpaired) electrons. The molecule has 1 aliphatic heterocycles. The second kappa shape index (κ2) is 3.49. The van der Waals surface area contributed by atoms with E-state index in [4.69, 9.17) is 10.1 Å². The van der Waals surface area contributed by atoms with Gasteiger partial charge in [-0.1, -0.05) is 13.0 Å². The van der Waals surface area contributed by atoms with Crippen LogP contribution >= 0.6 is 11.3 Å². The lowest BCUT2D eigenvalue weighted by molar-refractivity contribution is 0.123. The summed E-state index contributed by atoms with van der Waals surface area (Å²) in [5.74, 6) is 0.319. The molecule has 2 heterocycles. The van der Waals surface area contributed by atoms with Gasteiger partial charge >= 0.3 is 0 Å². The summed E-state index contributed by atoms with van der Waals surface area (Å²) in [4.78, 5) is 1.13. The Kier molecular flexibility index (Phi) is 2.43. The number of nitrogens with one attached hydrogen (secondary N) is 1. The van der Waals surface area contributed by atoms with Gasteiger partial charge in [-0.15, -0.1) is 11.3 Å². The van der Waals surface area contributed by atoms with Crippen molar-refractivity contribution in [3.63, 3.8) is 0 Å². The first kappa shape index (κ1) is 10.4. The SMILES string of the molecule is CCC1(C)OC(=N)C(c2cccs2)=C1C. The molecule has 3 heteroatoms. The van der Waals surface area contributed by atoms with Crippen molar-refractivity contribution in [3.8, 4) is 0 Å². The lowest BCUT2D eigenvalue weighted by atomic mass is 9.92. The van der Waals surface area contributed by atoms with Crippen LogP contribution in [-0.2, 0) is 4.74 Å². The highest BCUT2D eigenvalue weighted by atomic mass is 32.1. The van der Waals surface area contributed by atoms with Crippen molar-refractivity contribution in [2.75, 3.05) is 0 Å².